The van der Waals surface area contributed by atoms with Crippen molar-refractivity contribution in [3.05, 3.63) is 35.0 Å². The van der Waals surface area contributed by atoms with Crippen molar-refractivity contribution in [3.8, 4) is 0 Å². The van der Waals surface area contributed by atoms with E-state index >= 15 is 0 Å². The van der Waals surface area contributed by atoms with Crippen LogP contribution < -0.4 is 5.32 Å². The first-order valence-corrected chi connectivity index (χ1v) is 9.39. The molecule has 1 aromatic heterocycles. The molecule has 25 heavy (non-hydrogen) atoms. The number of aryl methyl sites for hydroxylation is 1. The van der Waals surface area contributed by atoms with Crippen molar-refractivity contribution in [1.82, 2.24) is 14.8 Å². The van der Waals surface area contributed by atoms with Crippen molar-refractivity contribution in [2.24, 2.45) is 7.05 Å². The summed E-state index contributed by atoms with van der Waals surface area (Å²) in [6.07, 6.45) is 3.77. The van der Waals surface area contributed by atoms with Crippen LogP contribution in [0.3, 0.4) is 0 Å². The van der Waals surface area contributed by atoms with Crippen LogP contribution in [-0.4, -0.2) is 53.8 Å². The number of fused-ring (bicyclic) bond motifs is 1. The summed E-state index contributed by atoms with van der Waals surface area (Å²) in [5, 5.41) is 4.84. The third-order valence-electron chi connectivity index (χ3n) is 5.47. The second kappa shape index (κ2) is 6.98. The van der Waals surface area contributed by atoms with Crippen LogP contribution in [0.4, 0.5) is 0 Å². The van der Waals surface area contributed by atoms with E-state index in [1.165, 1.54) is 19.3 Å². The summed E-state index contributed by atoms with van der Waals surface area (Å²) >= 11 is 6.30. The summed E-state index contributed by atoms with van der Waals surface area (Å²) in [7, 11) is 1.89. The summed E-state index contributed by atoms with van der Waals surface area (Å²) in [6, 6.07) is 7.96. The number of ether oxygens (including phenoxy) is 1. The smallest absolute Gasteiger partial charge is 0.268 e. The Balaban J connectivity index is 1.53. The van der Waals surface area contributed by atoms with Crippen LogP contribution in [0.1, 0.15) is 29.8 Å². The fraction of sp³-hybridized carbons (Fsp3) is 0.526. The molecule has 2 aliphatic heterocycles. The number of benzene rings is 1. The number of para-hydroxylation sites is 1. The fourth-order valence-electron chi connectivity index (χ4n) is 4.12. The van der Waals surface area contributed by atoms with Crippen molar-refractivity contribution in [3.63, 3.8) is 0 Å². The van der Waals surface area contributed by atoms with Crippen LogP contribution in [0.5, 0.6) is 0 Å². The molecule has 1 amide bonds. The normalized spacial score (nSPS) is 24.7. The Bertz CT molecular complexity index is 782. The number of likely N-dealkylation sites (tertiary alicyclic amines) is 1. The van der Waals surface area contributed by atoms with Crippen LogP contribution >= 0.6 is 11.6 Å². The highest BCUT2D eigenvalue weighted by molar-refractivity contribution is 6.35. The number of halogens is 1. The minimum absolute atomic E-state index is 0.0408. The molecule has 1 N–H and O–H groups in total. The number of rotatable bonds is 3. The summed E-state index contributed by atoms with van der Waals surface area (Å²) in [6.45, 7) is 3.48. The van der Waals surface area contributed by atoms with Crippen LogP contribution in [0, 0.1) is 0 Å². The molecule has 2 saturated heterocycles. The number of hydrogen-bond donors (Lipinski definition) is 1. The zero-order valence-electron chi connectivity index (χ0n) is 14.5. The molecule has 3 heterocycles. The van der Waals surface area contributed by atoms with E-state index in [0.29, 0.717) is 23.9 Å². The van der Waals surface area contributed by atoms with Gasteiger partial charge in [0.05, 0.1) is 35.8 Å². The van der Waals surface area contributed by atoms with E-state index in [4.69, 9.17) is 16.3 Å². The number of carbonyl (C=O) groups is 1. The third kappa shape index (κ3) is 3.16. The monoisotopic (exact) mass is 361 g/mol. The van der Waals surface area contributed by atoms with Crippen molar-refractivity contribution >= 4 is 28.4 Å². The minimum Gasteiger partial charge on any atom is -0.378 e. The lowest BCUT2D eigenvalue weighted by molar-refractivity contribution is 0.0892. The van der Waals surface area contributed by atoms with Gasteiger partial charge in [-0.2, -0.15) is 0 Å². The number of nitrogens with zero attached hydrogens (tertiary/aromatic N) is 2. The van der Waals surface area contributed by atoms with Crippen molar-refractivity contribution < 1.29 is 9.53 Å². The molecule has 1 aromatic carbocycles. The molecule has 2 atom stereocenters. The van der Waals surface area contributed by atoms with Gasteiger partial charge in [0.2, 0.25) is 0 Å². The molecule has 2 aliphatic rings. The van der Waals surface area contributed by atoms with Crippen LogP contribution in [0.25, 0.3) is 10.9 Å². The highest BCUT2D eigenvalue weighted by atomic mass is 35.5. The first-order chi connectivity index (χ1) is 12.1. The molecule has 6 heteroatoms. The largest absolute Gasteiger partial charge is 0.378 e. The second-order valence-electron chi connectivity index (χ2n) is 7.05. The molecule has 0 bridgehead atoms. The topological polar surface area (TPSA) is 46.5 Å². The Hall–Kier alpha value is -1.56. The van der Waals surface area contributed by atoms with E-state index in [1.807, 2.05) is 35.9 Å². The molecule has 2 fully saturated rings. The van der Waals surface area contributed by atoms with Crippen molar-refractivity contribution in [1.29, 1.82) is 0 Å². The van der Waals surface area contributed by atoms with Gasteiger partial charge in [0.15, 0.2) is 0 Å². The van der Waals surface area contributed by atoms with Gasteiger partial charge in [-0.25, -0.2) is 0 Å². The highest BCUT2D eigenvalue weighted by Crippen LogP contribution is 2.26. The predicted octanol–water partition coefficient (Wildman–Crippen LogP) is 2.81. The van der Waals surface area contributed by atoms with E-state index < -0.39 is 0 Å². The van der Waals surface area contributed by atoms with Crippen molar-refractivity contribution in [2.75, 3.05) is 26.3 Å². The zero-order valence-corrected chi connectivity index (χ0v) is 15.3. The summed E-state index contributed by atoms with van der Waals surface area (Å²) in [5.41, 5.74) is 1.52. The number of aromatic nitrogens is 1. The molecule has 0 spiro atoms. The molecular formula is C19H24ClN3O2. The van der Waals surface area contributed by atoms with Gasteiger partial charge < -0.3 is 14.6 Å². The summed E-state index contributed by atoms with van der Waals surface area (Å²) in [4.78, 5) is 15.4. The Morgan fingerprint density at radius 3 is 2.80 bits per heavy atom. The standard InChI is InChI=1S/C19H24ClN3O2/c1-22-16(10-13-6-5-7-14(20)18(13)22)19(24)21-15-11-25-12-17(15)23-8-3-2-4-9-23/h5-7,10,15,17H,2-4,8-9,11-12H2,1H3,(H,21,24)/t15-,17-/m0/s1. The molecule has 134 valence electrons. The lowest BCUT2D eigenvalue weighted by atomic mass is 10.0. The number of carbonyl (C=O) groups excluding carboxylic acids is 1. The molecule has 0 saturated carbocycles. The van der Waals surface area contributed by atoms with Gasteiger partial charge in [0.1, 0.15) is 5.69 Å². The summed E-state index contributed by atoms with van der Waals surface area (Å²) in [5.74, 6) is -0.0627. The molecule has 5 nitrogen and oxygen atoms in total. The maximum atomic E-state index is 12.9. The van der Waals surface area contributed by atoms with Gasteiger partial charge >= 0.3 is 0 Å². The van der Waals surface area contributed by atoms with E-state index in [-0.39, 0.29) is 18.0 Å². The van der Waals surface area contributed by atoms with Crippen LogP contribution in [0.2, 0.25) is 5.02 Å². The molecule has 4 rings (SSSR count). The van der Waals surface area contributed by atoms with Gasteiger partial charge in [-0.15, -0.1) is 0 Å². The van der Waals surface area contributed by atoms with E-state index in [1.54, 1.807) is 0 Å². The molecule has 0 radical (unpaired) electrons. The third-order valence-corrected chi connectivity index (χ3v) is 5.77. The minimum atomic E-state index is -0.0627. The number of amides is 1. The second-order valence-corrected chi connectivity index (χ2v) is 7.45. The Labute approximate surface area is 152 Å². The molecular weight excluding hydrogens is 338 g/mol. The fourth-order valence-corrected chi connectivity index (χ4v) is 4.43. The average Bonchev–Trinajstić information content (AvgIpc) is 3.21. The van der Waals surface area contributed by atoms with Gasteiger partial charge in [-0.3, -0.25) is 9.69 Å². The average molecular weight is 362 g/mol. The van der Waals surface area contributed by atoms with Crippen LogP contribution in [0.15, 0.2) is 24.3 Å². The zero-order chi connectivity index (χ0) is 17.4. The quantitative estimate of drug-likeness (QED) is 0.914. The van der Waals surface area contributed by atoms with E-state index in [2.05, 4.69) is 10.2 Å². The molecule has 0 aliphatic carbocycles. The first kappa shape index (κ1) is 16.9. The van der Waals surface area contributed by atoms with Crippen molar-refractivity contribution in [2.45, 2.75) is 31.3 Å². The number of piperidine rings is 1. The Morgan fingerprint density at radius 1 is 1.24 bits per heavy atom. The van der Waals surface area contributed by atoms with Gasteiger partial charge in [-0.1, -0.05) is 30.2 Å². The van der Waals surface area contributed by atoms with Gasteiger partial charge in [-0.05, 0) is 38.1 Å². The maximum Gasteiger partial charge on any atom is 0.268 e. The van der Waals surface area contributed by atoms with Crippen LogP contribution in [-0.2, 0) is 11.8 Å². The number of hydrogen-bond acceptors (Lipinski definition) is 3. The Kier molecular flexibility index (Phi) is 4.71. The lowest BCUT2D eigenvalue weighted by Gasteiger charge is -2.34. The first-order valence-electron chi connectivity index (χ1n) is 9.02. The van der Waals surface area contributed by atoms with E-state index in [0.717, 1.165) is 24.0 Å². The highest BCUT2D eigenvalue weighted by Gasteiger charge is 2.35. The predicted molar refractivity (Wildman–Crippen MR) is 99.2 cm³/mol. The van der Waals surface area contributed by atoms with Gasteiger partial charge in [0, 0.05) is 12.4 Å². The number of nitrogens with one attached hydrogen (secondary N) is 1. The molecule has 0 unspecified atom stereocenters. The Morgan fingerprint density at radius 2 is 2.04 bits per heavy atom. The van der Waals surface area contributed by atoms with Gasteiger partial charge in [0.25, 0.3) is 5.91 Å². The maximum absolute atomic E-state index is 12.9. The van der Waals surface area contributed by atoms with E-state index in [9.17, 15) is 4.79 Å². The molecule has 2 aromatic rings. The SMILES string of the molecule is Cn1c(C(=O)N[C@H]2COC[C@@H]2N2CCCCC2)cc2cccc(Cl)c21. The lowest BCUT2D eigenvalue weighted by Crippen LogP contribution is -2.52. The summed E-state index contributed by atoms with van der Waals surface area (Å²) < 4.78 is 7.56.